The molecule has 0 spiro atoms. The summed E-state index contributed by atoms with van der Waals surface area (Å²) in [5, 5.41) is 0. The quantitative estimate of drug-likeness (QED) is 0.763. The van der Waals surface area contributed by atoms with Crippen molar-refractivity contribution < 1.29 is 13.9 Å². The largest absolute Gasteiger partial charge is 0.453 e. The van der Waals surface area contributed by atoms with Crippen LogP contribution in [0.4, 0.5) is 4.39 Å². The van der Waals surface area contributed by atoms with E-state index in [0.717, 1.165) is 11.1 Å². The van der Waals surface area contributed by atoms with E-state index in [4.69, 9.17) is 4.74 Å². The Hall–Kier alpha value is -2.16. The summed E-state index contributed by atoms with van der Waals surface area (Å²) in [4.78, 5) is 11.4. The second-order valence-corrected chi connectivity index (χ2v) is 6.41. The van der Waals surface area contributed by atoms with Gasteiger partial charge in [-0.15, -0.1) is 0 Å². The van der Waals surface area contributed by atoms with Crippen molar-refractivity contribution in [1.29, 1.82) is 0 Å². The topological polar surface area (TPSA) is 26.3 Å². The minimum atomic E-state index is -0.521. The maximum Gasteiger partial charge on any atom is 0.303 e. The first-order valence-electron chi connectivity index (χ1n) is 7.30. The third kappa shape index (κ3) is 3.94. The lowest BCUT2D eigenvalue weighted by molar-refractivity contribution is -0.144. The van der Waals surface area contributed by atoms with Gasteiger partial charge >= 0.3 is 5.97 Å². The van der Waals surface area contributed by atoms with Gasteiger partial charge in [-0.3, -0.25) is 4.79 Å². The average molecular weight is 300 g/mol. The normalized spacial score (nSPS) is 12.8. The van der Waals surface area contributed by atoms with Gasteiger partial charge in [-0.05, 0) is 34.2 Å². The first-order chi connectivity index (χ1) is 10.3. The zero-order chi connectivity index (χ0) is 16.3. The van der Waals surface area contributed by atoms with Crippen LogP contribution in [0.15, 0.2) is 48.5 Å². The Morgan fingerprint density at radius 3 is 1.82 bits per heavy atom. The van der Waals surface area contributed by atoms with Crippen molar-refractivity contribution >= 4 is 5.97 Å². The van der Waals surface area contributed by atoms with Crippen LogP contribution in [-0.2, 0) is 14.9 Å². The van der Waals surface area contributed by atoms with E-state index >= 15 is 0 Å². The fraction of sp³-hybridized carbons (Fsp3) is 0.316. The highest BCUT2D eigenvalue weighted by Crippen LogP contribution is 2.29. The highest BCUT2D eigenvalue weighted by Gasteiger charge is 2.19. The summed E-state index contributed by atoms with van der Waals surface area (Å²) < 4.78 is 18.5. The Labute approximate surface area is 130 Å². The molecule has 0 aliphatic carbocycles. The SMILES string of the molecule is CC(=O)O[C@H](c1ccc(F)cc1)c1ccc(C(C)(C)C)cc1. The number of halogens is 1. The molecule has 3 heteroatoms. The summed E-state index contributed by atoms with van der Waals surface area (Å²) >= 11 is 0. The Kier molecular flexibility index (Phi) is 4.65. The molecule has 2 nitrogen and oxygen atoms in total. The monoisotopic (exact) mass is 300 g/mol. The fourth-order valence-corrected chi connectivity index (χ4v) is 2.29. The smallest absolute Gasteiger partial charge is 0.303 e. The second kappa shape index (κ2) is 6.30. The van der Waals surface area contributed by atoms with E-state index in [1.165, 1.54) is 24.6 Å². The zero-order valence-electron chi connectivity index (χ0n) is 13.4. The van der Waals surface area contributed by atoms with Gasteiger partial charge in [0.05, 0.1) is 0 Å². The van der Waals surface area contributed by atoms with Gasteiger partial charge in [0.25, 0.3) is 0 Å². The molecule has 0 saturated heterocycles. The maximum absolute atomic E-state index is 13.1. The van der Waals surface area contributed by atoms with Crippen molar-refractivity contribution in [2.75, 3.05) is 0 Å². The van der Waals surface area contributed by atoms with E-state index in [1.807, 2.05) is 24.3 Å². The van der Waals surface area contributed by atoms with Crippen LogP contribution in [0.25, 0.3) is 0 Å². The Bertz CT molecular complexity index is 637. The molecule has 116 valence electrons. The lowest BCUT2D eigenvalue weighted by atomic mass is 9.86. The van der Waals surface area contributed by atoms with Crippen LogP contribution >= 0.6 is 0 Å². The van der Waals surface area contributed by atoms with Gasteiger partial charge in [0.15, 0.2) is 6.10 Å². The number of ether oxygens (including phenoxy) is 1. The second-order valence-electron chi connectivity index (χ2n) is 6.41. The van der Waals surface area contributed by atoms with Crippen LogP contribution in [-0.4, -0.2) is 5.97 Å². The summed E-state index contributed by atoms with van der Waals surface area (Å²) in [5.41, 5.74) is 2.89. The molecule has 0 unspecified atom stereocenters. The molecule has 2 aromatic rings. The molecule has 0 heterocycles. The van der Waals surface area contributed by atoms with E-state index in [0.29, 0.717) is 0 Å². The van der Waals surface area contributed by atoms with Gasteiger partial charge in [0.1, 0.15) is 5.82 Å². The van der Waals surface area contributed by atoms with E-state index in [2.05, 4.69) is 20.8 Å². The predicted octanol–water partition coefficient (Wildman–Crippen LogP) is 4.78. The third-order valence-corrected chi connectivity index (χ3v) is 3.54. The number of hydrogen-bond donors (Lipinski definition) is 0. The number of benzene rings is 2. The number of hydrogen-bond acceptors (Lipinski definition) is 2. The van der Waals surface area contributed by atoms with Crippen LogP contribution in [0, 0.1) is 5.82 Å². The van der Waals surface area contributed by atoms with E-state index in [1.54, 1.807) is 12.1 Å². The molecule has 0 amide bonds. The van der Waals surface area contributed by atoms with Crippen molar-refractivity contribution in [3.63, 3.8) is 0 Å². The third-order valence-electron chi connectivity index (χ3n) is 3.54. The first kappa shape index (κ1) is 16.2. The molecule has 0 N–H and O–H groups in total. The standard InChI is InChI=1S/C19H21FO2/c1-13(21)22-18(15-7-11-17(20)12-8-15)14-5-9-16(10-6-14)19(2,3)4/h5-12,18H,1-4H3/t18-/m0/s1. The van der Waals surface area contributed by atoms with Crippen LogP contribution in [0.2, 0.25) is 0 Å². The molecule has 1 atom stereocenters. The van der Waals surface area contributed by atoms with Gasteiger partial charge < -0.3 is 4.74 Å². The minimum Gasteiger partial charge on any atom is -0.453 e. The Balaban J connectivity index is 2.37. The van der Waals surface area contributed by atoms with Gasteiger partial charge in [0, 0.05) is 6.92 Å². The summed E-state index contributed by atoms with van der Waals surface area (Å²) in [7, 11) is 0. The molecule has 0 aliphatic heterocycles. The number of esters is 1. The molecular formula is C19H21FO2. The molecule has 2 aromatic carbocycles. The van der Waals surface area contributed by atoms with Crippen molar-refractivity contribution in [2.24, 2.45) is 0 Å². The van der Waals surface area contributed by atoms with Gasteiger partial charge in [-0.2, -0.15) is 0 Å². The van der Waals surface area contributed by atoms with Crippen LogP contribution in [0.5, 0.6) is 0 Å². The lowest BCUT2D eigenvalue weighted by Gasteiger charge is -2.22. The minimum absolute atomic E-state index is 0.0608. The Morgan fingerprint density at radius 1 is 0.955 bits per heavy atom. The van der Waals surface area contributed by atoms with Crippen LogP contribution in [0.3, 0.4) is 0 Å². The molecule has 0 saturated carbocycles. The number of rotatable bonds is 3. The van der Waals surface area contributed by atoms with Gasteiger partial charge in [0.2, 0.25) is 0 Å². The van der Waals surface area contributed by atoms with E-state index in [-0.39, 0.29) is 17.2 Å². The molecule has 0 aliphatic rings. The Morgan fingerprint density at radius 2 is 1.41 bits per heavy atom. The zero-order valence-corrected chi connectivity index (χ0v) is 13.4. The van der Waals surface area contributed by atoms with Crippen molar-refractivity contribution in [3.05, 3.63) is 71.0 Å². The van der Waals surface area contributed by atoms with Crippen molar-refractivity contribution in [3.8, 4) is 0 Å². The predicted molar refractivity (Wildman–Crippen MR) is 85.2 cm³/mol. The lowest BCUT2D eigenvalue weighted by Crippen LogP contribution is -2.13. The summed E-state index contributed by atoms with van der Waals surface area (Å²) in [5.74, 6) is -0.678. The van der Waals surface area contributed by atoms with Gasteiger partial charge in [-0.1, -0.05) is 57.2 Å². The molecule has 0 aromatic heterocycles. The summed E-state index contributed by atoms with van der Waals surface area (Å²) in [6.45, 7) is 7.81. The molecule has 0 fully saturated rings. The number of carbonyl (C=O) groups excluding carboxylic acids is 1. The molecule has 2 rings (SSSR count). The molecular weight excluding hydrogens is 279 g/mol. The summed E-state index contributed by atoms with van der Waals surface area (Å²) in [6.07, 6.45) is -0.521. The first-order valence-corrected chi connectivity index (χ1v) is 7.30. The fourth-order valence-electron chi connectivity index (χ4n) is 2.29. The highest BCUT2D eigenvalue weighted by molar-refractivity contribution is 5.66. The van der Waals surface area contributed by atoms with Crippen molar-refractivity contribution in [1.82, 2.24) is 0 Å². The average Bonchev–Trinajstić information content (AvgIpc) is 2.45. The van der Waals surface area contributed by atoms with Gasteiger partial charge in [-0.25, -0.2) is 4.39 Å². The molecule has 0 bridgehead atoms. The highest BCUT2D eigenvalue weighted by atomic mass is 19.1. The molecule has 22 heavy (non-hydrogen) atoms. The van der Waals surface area contributed by atoms with Crippen LogP contribution in [0.1, 0.15) is 50.5 Å². The number of carbonyl (C=O) groups is 1. The van der Waals surface area contributed by atoms with Crippen molar-refractivity contribution in [2.45, 2.75) is 39.2 Å². The summed E-state index contributed by atoms with van der Waals surface area (Å²) in [6, 6.07) is 14.0. The van der Waals surface area contributed by atoms with E-state index in [9.17, 15) is 9.18 Å². The maximum atomic E-state index is 13.1. The molecule has 0 radical (unpaired) electrons. The van der Waals surface area contributed by atoms with E-state index < -0.39 is 6.10 Å². The van der Waals surface area contributed by atoms with Crippen LogP contribution < -0.4 is 0 Å².